The Morgan fingerprint density at radius 3 is 1.93 bits per heavy atom. The SMILES string of the molecule is CC1(C)c2cc3ccccc3cc2-c2c(-c3cc(-c4ccc5cc(-c6cccc7c6sc6ccccc67)ccc5c4)nc(-c4ccccc4)n3)cccc21. The van der Waals surface area contributed by atoms with Gasteiger partial charge in [-0.15, -0.1) is 11.3 Å². The Hall–Kier alpha value is -6.42. The highest BCUT2D eigenvalue weighted by Gasteiger charge is 2.37. The predicted molar refractivity (Wildman–Crippen MR) is 229 cm³/mol. The molecule has 3 heteroatoms. The van der Waals surface area contributed by atoms with Crippen LogP contribution in [0.3, 0.4) is 0 Å². The quantitative estimate of drug-likeness (QED) is 0.182. The van der Waals surface area contributed by atoms with Crippen molar-refractivity contribution in [2.45, 2.75) is 19.3 Å². The first-order valence-electron chi connectivity index (χ1n) is 18.6. The summed E-state index contributed by atoms with van der Waals surface area (Å²) in [6, 6.07) is 61.7. The van der Waals surface area contributed by atoms with Crippen molar-refractivity contribution in [2.24, 2.45) is 0 Å². The van der Waals surface area contributed by atoms with Crippen LogP contribution in [0.25, 0.3) is 97.9 Å². The molecular formula is C51H34N2S. The summed E-state index contributed by atoms with van der Waals surface area (Å²) in [5.74, 6) is 0.726. The van der Waals surface area contributed by atoms with Crippen LogP contribution in [0.2, 0.25) is 0 Å². The second-order valence-electron chi connectivity index (χ2n) is 15.0. The van der Waals surface area contributed by atoms with E-state index in [0.29, 0.717) is 0 Å². The fourth-order valence-electron chi connectivity index (χ4n) is 8.68. The van der Waals surface area contributed by atoms with Crippen molar-refractivity contribution in [3.05, 3.63) is 181 Å². The van der Waals surface area contributed by atoms with E-state index >= 15 is 0 Å². The Labute approximate surface area is 318 Å². The molecule has 1 aliphatic carbocycles. The second-order valence-corrected chi connectivity index (χ2v) is 16.0. The summed E-state index contributed by atoms with van der Waals surface area (Å²) in [5, 5.41) is 7.56. The van der Waals surface area contributed by atoms with Gasteiger partial charge in [0, 0.05) is 42.3 Å². The van der Waals surface area contributed by atoms with Gasteiger partial charge >= 0.3 is 0 Å². The van der Waals surface area contributed by atoms with E-state index in [2.05, 4.69) is 178 Å². The van der Waals surface area contributed by atoms with Crippen molar-refractivity contribution in [2.75, 3.05) is 0 Å². The highest BCUT2D eigenvalue weighted by Crippen LogP contribution is 2.53. The van der Waals surface area contributed by atoms with Crippen molar-refractivity contribution in [3.8, 4) is 56.2 Å². The lowest BCUT2D eigenvalue weighted by molar-refractivity contribution is 0.661. The molecule has 0 aliphatic heterocycles. The van der Waals surface area contributed by atoms with E-state index in [-0.39, 0.29) is 5.41 Å². The smallest absolute Gasteiger partial charge is 0.160 e. The normalized spacial score (nSPS) is 13.1. The lowest BCUT2D eigenvalue weighted by Gasteiger charge is -2.22. The minimum absolute atomic E-state index is 0.136. The van der Waals surface area contributed by atoms with Crippen LogP contribution in [0.4, 0.5) is 0 Å². The van der Waals surface area contributed by atoms with Crippen LogP contribution in [0.15, 0.2) is 170 Å². The maximum absolute atomic E-state index is 5.30. The summed E-state index contributed by atoms with van der Waals surface area (Å²) < 4.78 is 2.66. The first kappa shape index (κ1) is 31.1. The van der Waals surface area contributed by atoms with Crippen molar-refractivity contribution in [1.82, 2.24) is 9.97 Å². The summed E-state index contributed by atoms with van der Waals surface area (Å²) in [4.78, 5) is 10.5. The molecule has 54 heavy (non-hydrogen) atoms. The molecule has 0 amide bonds. The summed E-state index contributed by atoms with van der Waals surface area (Å²) >= 11 is 1.88. The fourth-order valence-corrected chi connectivity index (χ4v) is 9.92. The highest BCUT2D eigenvalue weighted by molar-refractivity contribution is 7.26. The van der Waals surface area contributed by atoms with Crippen molar-refractivity contribution in [1.29, 1.82) is 0 Å². The van der Waals surface area contributed by atoms with E-state index in [9.17, 15) is 0 Å². The van der Waals surface area contributed by atoms with Gasteiger partial charge in [-0.25, -0.2) is 9.97 Å². The van der Waals surface area contributed by atoms with E-state index in [1.165, 1.54) is 75.1 Å². The summed E-state index contributed by atoms with van der Waals surface area (Å²) in [7, 11) is 0. The van der Waals surface area contributed by atoms with Crippen LogP contribution in [0.1, 0.15) is 25.0 Å². The van der Waals surface area contributed by atoms with Crippen molar-refractivity contribution >= 4 is 53.1 Å². The lowest BCUT2D eigenvalue weighted by atomic mass is 9.81. The van der Waals surface area contributed by atoms with Gasteiger partial charge in [0.2, 0.25) is 0 Å². The van der Waals surface area contributed by atoms with Gasteiger partial charge in [-0.3, -0.25) is 0 Å². The summed E-state index contributed by atoms with van der Waals surface area (Å²) in [6.45, 7) is 4.70. The molecule has 0 saturated heterocycles. The van der Waals surface area contributed by atoms with Crippen molar-refractivity contribution in [3.63, 3.8) is 0 Å². The zero-order chi connectivity index (χ0) is 36.0. The maximum atomic E-state index is 5.30. The zero-order valence-electron chi connectivity index (χ0n) is 30.0. The Kier molecular flexibility index (Phi) is 6.80. The molecule has 1 aliphatic rings. The average molecular weight is 707 g/mol. The molecule has 10 aromatic rings. The number of nitrogens with zero attached hydrogens (tertiary/aromatic N) is 2. The molecule has 0 bridgehead atoms. The van der Waals surface area contributed by atoms with E-state index in [0.717, 1.165) is 33.9 Å². The highest BCUT2D eigenvalue weighted by atomic mass is 32.1. The largest absolute Gasteiger partial charge is 0.228 e. The standard InChI is InChI=1S/C51H34N2S/c1-51(2)43-20-11-19-41(48(43)42-28-32-14-6-7-15-33(32)29-44(42)51)46-30-45(52-50(53-46)31-12-4-3-5-13-31)37-25-23-34-26-36(24-22-35(34)27-37)38-17-10-18-40-39-16-8-9-21-47(39)54-49(38)40/h3-30H,1-2H3. The van der Waals surface area contributed by atoms with Gasteiger partial charge in [0.25, 0.3) is 0 Å². The number of hydrogen-bond acceptors (Lipinski definition) is 3. The first-order chi connectivity index (χ1) is 26.5. The molecule has 0 fully saturated rings. The van der Waals surface area contributed by atoms with Crippen LogP contribution in [0.5, 0.6) is 0 Å². The number of aromatic nitrogens is 2. The number of hydrogen-bond donors (Lipinski definition) is 0. The molecule has 254 valence electrons. The van der Waals surface area contributed by atoms with E-state index < -0.39 is 0 Å². The Morgan fingerprint density at radius 2 is 1.07 bits per heavy atom. The van der Waals surface area contributed by atoms with Crippen LogP contribution in [-0.4, -0.2) is 9.97 Å². The van der Waals surface area contributed by atoms with Gasteiger partial charge in [0.15, 0.2) is 5.82 Å². The number of fused-ring (bicyclic) bond motifs is 8. The third-order valence-corrected chi connectivity index (χ3v) is 12.7. The monoisotopic (exact) mass is 706 g/mol. The van der Waals surface area contributed by atoms with Gasteiger partial charge in [0.05, 0.1) is 11.4 Å². The minimum Gasteiger partial charge on any atom is -0.228 e. The Balaban J connectivity index is 1.06. The van der Waals surface area contributed by atoms with Crippen molar-refractivity contribution < 1.29 is 0 Å². The third-order valence-electron chi connectivity index (χ3n) is 11.5. The van der Waals surface area contributed by atoms with Crippen LogP contribution in [-0.2, 0) is 5.41 Å². The molecule has 0 radical (unpaired) electrons. The number of benzene rings is 8. The summed E-state index contributed by atoms with van der Waals surface area (Å²) in [6.07, 6.45) is 0. The van der Waals surface area contributed by atoms with Gasteiger partial charge in [-0.05, 0) is 91.3 Å². The average Bonchev–Trinajstić information content (AvgIpc) is 3.71. The molecule has 2 nitrogen and oxygen atoms in total. The van der Waals surface area contributed by atoms with Gasteiger partial charge < -0.3 is 0 Å². The molecule has 0 unspecified atom stereocenters. The number of rotatable bonds is 4. The van der Waals surface area contributed by atoms with Gasteiger partial charge in [-0.1, -0.05) is 147 Å². The van der Waals surface area contributed by atoms with E-state index in [4.69, 9.17) is 9.97 Å². The molecule has 0 saturated carbocycles. The van der Waals surface area contributed by atoms with Crippen LogP contribution < -0.4 is 0 Å². The Morgan fingerprint density at radius 1 is 0.426 bits per heavy atom. The van der Waals surface area contributed by atoms with E-state index in [1.807, 2.05) is 17.4 Å². The minimum atomic E-state index is -0.136. The molecule has 0 N–H and O–H groups in total. The molecule has 2 aromatic heterocycles. The topological polar surface area (TPSA) is 25.8 Å². The van der Waals surface area contributed by atoms with E-state index in [1.54, 1.807) is 0 Å². The fraction of sp³-hybridized carbons (Fsp3) is 0.0588. The van der Waals surface area contributed by atoms with Crippen LogP contribution >= 0.6 is 11.3 Å². The molecule has 0 atom stereocenters. The molecule has 11 rings (SSSR count). The lowest BCUT2D eigenvalue weighted by Crippen LogP contribution is -2.14. The maximum Gasteiger partial charge on any atom is 0.160 e. The zero-order valence-corrected chi connectivity index (χ0v) is 30.8. The molecule has 0 spiro atoms. The second kappa shape index (κ2) is 11.8. The molecular weight excluding hydrogens is 673 g/mol. The van der Waals surface area contributed by atoms with Gasteiger partial charge in [-0.2, -0.15) is 0 Å². The Bertz CT molecular complexity index is 3130. The number of thiophene rings is 1. The molecule has 8 aromatic carbocycles. The third kappa shape index (κ3) is 4.79. The predicted octanol–water partition coefficient (Wildman–Crippen LogP) is 14.1. The molecule has 2 heterocycles. The first-order valence-corrected chi connectivity index (χ1v) is 19.4. The van der Waals surface area contributed by atoms with Crippen LogP contribution in [0, 0.1) is 0 Å². The van der Waals surface area contributed by atoms with Gasteiger partial charge in [0.1, 0.15) is 0 Å². The summed E-state index contributed by atoms with van der Waals surface area (Å²) in [5.41, 5.74) is 12.7.